The average molecular weight is 523 g/mol. The Morgan fingerprint density at radius 1 is 1.05 bits per heavy atom. The number of carbonyl (C=O) groups is 1. The molecule has 1 aliphatic heterocycles. The van der Waals surface area contributed by atoms with Crippen LogP contribution in [0, 0.1) is 17.6 Å². The summed E-state index contributed by atoms with van der Waals surface area (Å²) in [6.45, 7) is 4.31. The van der Waals surface area contributed by atoms with Gasteiger partial charge in [0.2, 0.25) is 0 Å². The van der Waals surface area contributed by atoms with E-state index in [9.17, 15) is 13.6 Å². The maximum absolute atomic E-state index is 13.6. The SMILES string of the molecule is COC1CCCCC1.O=C(O)NC1CCC(CCN2CCN(c3noc4cc(F)c(F)cc34)CC2)CC1. The molecule has 3 fully saturated rings. The number of benzene rings is 1. The van der Waals surface area contributed by atoms with Crippen molar-refractivity contribution in [3.63, 3.8) is 0 Å². The fraction of sp³-hybridized carbons (Fsp3) is 0.704. The maximum Gasteiger partial charge on any atom is 0.404 e. The largest absolute Gasteiger partial charge is 0.465 e. The van der Waals surface area contributed by atoms with Gasteiger partial charge in [-0.1, -0.05) is 24.4 Å². The molecule has 0 bridgehead atoms. The van der Waals surface area contributed by atoms with Gasteiger partial charge in [0.15, 0.2) is 23.0 Å². The number of fused-ring (bicyclic) bond motifs is 1. The van der Waals surface area contributed by atoms with Crippen LogP contribution in [-0.4, -0.2) is 73.2 Å². The van der Waals surface area contributed by atoms with Gasteiger partial charge in [0.1, 0.15) is 0 Å². The Hall–Kier alpha value is -2.46. The number of carboxylic acid groups (broad SMARTS) is 1. The number of ether oxygens (including phenoxy) is 1. The summed E-state index contributed by atoms with van der Waals surface area (Å²) in [5.41, 5.74) is 0.259. The molecule has 2 N–H and O–H groups in total. The van der Waals surface area contributed by atoms with Gasteiger partial charge in [0, 0.05) is 45.4 Å². The molecule has 37 heavy (non-hydrogen) atoms. The van der Waals surface area contributed by atoms with Crippen LogP contribution in [0.1, 0.15) is 64.2 Å². The topological polar surface area (TPSA) is 91.1 Å². The van der Waals surface area contributed by atoms with Gasteiger partial charge in [-0.25, -0.2) is 13.6 Å². The Labute approximate surface area is 217 Å². The first-order chi connectivity index (χ1) is 17.9. The highest BCUT2D eigenvalue weighted by Crippen LogP contribution is 2.30. The van der Waals surface area contributed by atoms with Crippen LogP contribution >= 0.6 is 0 Å². The third-order valence-corrected chi connectivity index (χ3v) is 8.08. The van der Waals surface area contributed by atoms with Crippen LogP contribution in [0.15, 0.2) is 16.7 Å². The molecule has 206 valence electrons. The zero-order chi connectivity index (χ0) is 26.2. The van der Waals surface area contributed by atoms with Crippen LogP contribution in [0.3, 0.4) is 0 Å². The summed E-state index contributed by atoms with van der Waals surface area (Å²) in [6, 6.07) is 2.29. The fourth-order valence-corrected chi connectivity index (χ4v) is 5.77. The van der Waals surface area contributed by atoms with Gasteiger partial charge < -0.3 is 24.6 Å². The molecular formula is C27H40F2N4O4. The predicted octanol–water partition coefficient (Wildman–Crippen LogP) is 5.41. The maximum atomic E-state index is 13.6. The molecule has 2 aromatic rings. The number of rotatable bonds is 6. The molecular weight excluding hydrogens is 482 g/mol. The number of piperazine rings is 1. The summed E-state index contributed by atoms with van der Waals surface area (Å²) in [4.78, 5) is 15.2. The summed E-state index contributed by atoms with van der Waals surface area (Å²) in [6.07, 6.45) is 11.5. The van der Waals surface area contributed by atoms with Gasteiger partial charge in [0.25, 0.3) is 0 Å². The summed E-state index contributed by atoms with van der Waals surface area (Å²) in [7, 11) is 1.82. The molecule has 1 amide bonds. The number of hydrogen-bond acceptors (Lipinski definition) is 6. The van der Waals surface area contributed by atoms with Gasteiger partial charge in [-0.15, -0.1) is 0 Å². The minimum atomic E-state index is -0.933. The normalized spacial score (nSPS) is 23.5. The number of anilines is 1. The summed E-state index contributed by atoms with van der Waals surface area (Å²) < 4.78 is 37.3. The van der Waals surface area contributed by atoms with Crippen molar-refractivity contribution in [2.45, 2.75) is 76.4 Å². The van der Waals surface area contributed by atoms with Crippen LogP contribution in [0.25, 0.3) is 11.0 Å². The molecule has 0 spiro atoms. The molecule has 10 heteroatoms. The van der Waals surface area contributed by atoms with Crippen molar-refractivity contribution in [3.05, 3.63) is 23.8 Å². The molecule has 1 aromatic heterocycles. The Bertz CT molecular complexity index is 998. The predicted molar refractivity (Wildman–Crippen MR) is 138 cm³/mol. The van der Waals surface area contributed by atoms with Gasteiger partial charge in [-0.3, -0.25) is 4.90 Å². The van der Waals surface area contributed by atoms with E-state index in [1.807, 2.05) is 7.11 Å². The molecule has 1 aromatic carbocycles. The number of nitrogens with one attached hydrogen (secondary N) is 1. The second-order valence-corrected chi connectivity index (χ2v) is 10.5. The van der Waals surface area contributed by atoms with E-state index in [0.29, 0.717) is 23.2 Å². The van der Waals surface area contributed by atoms with Crippen molar-refractivity contribution in [3.8, 4) is 0 Å². The van der Waals surface area contributed by atoms with Crippen LogP contribution in [-0.2, 0) is 4.74 Å². The first-order valence-electron chi connectivity index (χ1n) is 13.7. The lowest BCUT2D eigenvalue weighted by atomic mass is 9.84. The van der Waals surface area contributed by atoms with E-state index in [0.717, 1.165) is 77.0 Å². The standard InChI is InChI=1S/C20H26F2N4O3.C7H14O/c21-16-11-15-18(12-17(16)22)29-24-19(15)26-9-7-25(8-10-26)6-5-13-1-3-14(4-2-13)23-20(27)28;1-8-7-5-3-2-4-6-7/h11-14,23H,1-10H2,(H,27,28);7H,2-6H2,1H3. The van der Waals surface area contributed by atoms with E-state index >= 15 is 0 Å². The number of nitrogens with zero attached hydrogens (tertiary/aromatic N) is 3. The van der Waals surface area contributed by atoms with E-state index in [1.165, 1.54) is 32.1 Å². The third kappa shape index (κ3) is 7.77. The van der Waals surface area contributed by atoms with Crippen LogP contribution in [0.2, 0.25) is 0 Å². The zero-order valence-electron chi connectivity index (χ0n) is 21.8. The molecule has 0 radical (unpaired) electrons. The number of hydrogen-bond donors (Lipinski definition) is 2. The summed E-state index contributed by atoms with van der Waals surface area (Å²) in [5.74, 6) is -0.605. The van der Waals surface area contributed by atoms with Crippen LogP contribution < -0.4 is 10.2 Å². The zero-order valence-corrected chi connectivity index (χ0v) is 21.8. The van der Waals surface area contributed by atoms with Crippen LogP contribution in [0.5, 0.6) is 0 Å². The molecule has 0 unspecified atom stereocenters. The van der Waals surface area contributed by atoms with Crippen molar-refractivity contribution in [2.24, 2.45) is 5.92 Å². The minimum Gasteiger partial charge on any atom is -0.465 e. The van der Waals surface area contributed by atoms with Crippen molar-refractivity contribution in [2.75, 3.05) is 44.7 Å². The Balaban J connectivity index is 0.000000342. The van der Waals surface area contributed by atoms with Gasteiger partial charge in [-0.2, -0.15) is 0 Å². The van der Waals surface area contributed by atoms with Crippen molar-refractivity contribution < 1.29 is 27.9 Å². The van der Waals surface area contributed by atoms with E-state index in [1.54, 1.807) is 0 Å². The van der Waals surface area contributed by atoms with Crippen molar-refractivity contribution >= 4 is 22.9 Å². The highest BCUT2D eigenvalue weighted by atomic mass is 19.2. The van der Waals surface area contributed by atoms with Gasteiger partial charge in [-0.05, 0) is 63.5 Å². The Morgan fingerprint density at radius 3 is 2.35 bits per heavy atom. The molecule has 0 atom stereocenters. The summed E-state index contributed by atoms with van der Waals surface area (Å²) >= 11 is 0. The monoisotopic (exact) mass is 522 g/mol. The molecule has 5 rings (SSSR count). The quantitative estimate of drug-likeness (QED) is 0.524. The highest BCUT2D eigenvalue weighted by Gasteiger charge is 2.25. The van der Waals surface area contributed by atoms with Crippen molar-refractivity contribution in [1.82, 2.24) is 15.4 Å². The summed E-state index contributed by atoms with van der Waals surface area (Å²) in [5, 5.41) is 15.9. The second kappa shape index (κ2) is 13.4. The molecule has 1 saturated heterocycles. The number of amides is 1. The molecule has 2 heterocycles. The molecule has 8 nitrogen and oxygen atoms in total. The van der Waals surface area contributed by atoms with Crippen LogP contribution in [0.4, 0.5) is 19.4 Å². The van der Waals surface area contributed by atoms with Gasteiger partial charge in [0.05, 0.1) is 11.5 Å². The lowest BCUT2D eigenvalue weighted by Gasteiger charge is -2.36. The lowest BCUT2D eigenvalue weighted by Crippen LogP contribution is -2.47. The van der Waals surface area contributed by atoms with Crippen molar-refractivity contribution in [1.29, 1.82) is 0 Å². The second-order valence-electron chi connectivity index (χ2n) is 10.5. The molecule has 2 aliphatic carbocycles. The first-order valence-corrected chi connectivity index (χ1v) is 13.7. The van der Waals surface area contributed by atoms with E-state index in [2.05, 4.69) is 20.3 Å². The molecule has 2 saturated carbocycles. The fourth-order valence-electron chi connectivity index (χ4n) is 5.77. The average Bonchev–Trinajstić information content (AvgIpc) is 3.31. The third-order valence-electron chi connectivity index (χ3n) is 8.08. The highest BCUT2D eigenvalue weighted by molar-refractivity contribution is 5.88. The van der Waals surface area contributed by atoms with E-state index in [-0.39, 0.29) is 11.6 Å². The number of aromatic nitrogens is 1. The smallest absolute Gasteiger partial charge is 0.404 e. The lowest BCUT2D eigenvalue weighted by molar-refractivity contribution is 0.0710. The Morgan fingerprint density at radius 2 is 1.73 bits per heavy atom. The Kier molecular flexibility index (Phi) is 9.96. The number of methoxy groups -OCH3 is 1. The van der Waals surface area contributed by atoms with E-state index in [4.69, 9.17) is 14.4 Å². The van der Waals surface area contributed by atoms with E-state index < -0.39 is 17.7 Å². The minimum absolute atomic E-state index is 0.0999. The first kappa shape index (κ1) is 27.6. The molecule has 3 aliphatic rings. The van der Waals surface area contributed by atoms with Gasteiger partial charge >= 0.3 is 6.09 Å². The number of halogens is 2.